The Kier molecular flexibility index (Phi) is 5.55. The Morgan fingerprint density at radius 3 is 2.67 bits per heavy atom. The topological polar surface area (TPSA) is 58.9 Å². The summed E-state index contributed by atoms with van der Waals surface area (Å²) >= 11 is 0. The highest BCUT2D eigenvalue weighted by Gasteiger charge is 2.30. The van der Waals surface area contributed by atoms with Crippen molar-refractivity contribution in [3.05, 3.63) is 58.8 Å². The van der Waals surface area contributed by atoms with Gasteiger partial charge in [0.2, 0.25) is 0 Å². The summed E-state index contributed by atoms with van der Waals surface area (Å²) in [6.45, 7) is 11.4. The zero-order valence-electron chi connectivity index (χ0n) is 20.1. The fourth-order valence-electron chi connectivity index (χ4n) is 5.40. The summed E-state index contributed by atoms with van der Waals surface area (Å²) in [4.78, 5) is 16.1. The van der Waals surface area contributed by atoms with Crippen molar-refractivity contribution in [3.63, 3.8) is 0 Å². The molecule has 1 fully saturated rings. The number of aryl methyl sites for hydroxylation is 1. The first-order valence-electron chi connectivity index (χ1n) is 12.1. The number of benzene rings is 1. The van der Waals surface area contributed by atoms with Crippen molar-refractivity contribution in [3.8, 4) is 5.75 Å². The second-order valence-electron chi connectivity index (χ2n) is 10.4. The summed E-state index contributed by atoms with van der Waals surface area (Å²) < 4.78 is 7.84. The first-order chi connectivity index (χ1) is 15.8. The number of nitrogens with zero attached hydrogens (tertiary/aromatic N) is 3. The molecular weight excluding hydrogens is 412 g/mol. The maximum absolute atomic E-state index is 13.6. The molecule has 1 atom stereocenters. The number of ether oxygens (including phenoxy) is 1. The Hall–Kier alpha value is -3.02. The Morgan fingerprint density at radius 2 is 1.91 bits per heavy atom. The smallest absolute Gasteiger partial charge is 0.253 e. The van der Waals surface area contributed by atoms with Gasteiger partial charge in [0, 0.05) is 25.1 Å². The number of rotatable bonds is 3. The van der Waals surface area contributed by atoms with Crippen LogP contribution in [0.1, 0.15) is 79.5 Å². The van der Waals surface area contributed by atoms with Gasteiger partial charge in [-0.3, -0.25) is 4.79 Å². The molecule has 4 heterocycles. The van der Waals surface area contributed by atoms with Gasteiger partial charge in [0.1, 0.15) is 11.6 Å². The maximum Gasteiger partial charge on any atom is 0.253 e. The van der Waals surface area contributed by atoms with Crippen molar-refractivity contribution in [2.45, 2.75) is 64.8 Å². The van der Waals surface area contributed by atoms with Gasteiger partial charge in [-0.2, -0.15) is 5.10 Å². The lowest BCUT2D eigenvalue weighted by atomic mass is 9.83. The van der Waals surface area contributed by atoms with E-state index in [1.54, 1.807) is 6.20 Å². The number of fused-ring (bicyclic) bond motifs is 2. The number of carbonyl (C=O) groups is 1. The maximum atomic E-state index is 13.6. The minimum atomic E-state index is -0.214. The molecule has 1 aromatic carbocycles. The number of nitrogens with one attached hydrogen (secondary N) is 1. The van der Waals surface area contributed by atoms with E-state index in [2.05, 4.69) is 48.5 Å². The second-order valence-corrected chi connectivity index (χ2v) is 10.4. The van der Waals surface area contributed by atoms with Crippen molar-refractivity contribution in [2.24, 2.45) is 0 Å². The molecule has 1 saturated heterocycles. The van der Waals surface area contributed by atoms with E-state index in [1.807, 2.05) is 24.3 Å². The van der Waals surface area contributed by atoms with Crippen LogP contribution in [0.3, 0.4) is 0 Å². The molecular formula is C27H34N4O2. The molecule has 0 bridgehead atoms. The molecule has 1 amide bonds. The largest absolute Gasteiger partial charge is 0.493 e. The van der Waals surface area contributed by atoms with Gasteiger partial charge < -0.3 is 15.0 Å². The van der Waals surface area contributed by atoms with Crippen molar-refractivity contribution in [1.29, 1.82) is 0 Å². The third-order valence-corrected chi connectivity index (χ3v) is 6.88. The first kappa shape index (κ1) is 21.8. The van der Waals surface area contributed by atoms with Gasteiger partial charge in [-0.05, 0) is 54.9 Å². The van der Waals surface area contributed by atoms with Crippen molar-refractivity contribution >= 4 is 17.2 Å². The molecule has 2 aliphatic rings. The summed E-state index contributed by atoms with van der Waals surface area (Å²) in [7, 11) is 0. The fraction of sp³-hybridized carbons (Fsp3) is 0.481. The molecule has 5 rings (SSSR count). The predicted molar refractivity (Wildman–Crippen MR) is 131 cm³/mol. The fourth-order valence-corrected chi connectivity index (χ4v) is 5.40. The molecule has 0 unspecified atom stereocenters. The summed E-state index contributed by atoms with van der Waals surface area (Å²) in [6, 6.07) is 10.1. The number of anilines is 1. The number of hydrogen-bond acceptors (Lipinski definition) is 4. The summed E-state index contributed by atoms with van der Waals surface area (Å²) in [5.74, 6) is 1.95. The van der Waals surface area contributed by atoms with E-state index in [-0.39, 0.29) is 17.4 Å². The van der Waals surface area contributed by atoms with Crippen LogP contribution >= 0.6 is 0 Å². The van der Waals surface area contributed by atoms with Crippen LogP contribution in [0.25, 0.3) is 5.52 Å². The quantitative estimate of drug-likeness (QED) is 0.602. The van der Waals surface area contributed by atoms with Crippen molar-refractivity contribution < 1.29 is 9.53 Å². The van der Waals surface area contributed by atoms with E-state index in [4.69, 9.17) is 9.84 Å². The number of hydrogen-bond donors (Lipinski definition) is 1. The van der Waals surface area contributed by atoms with Crippen molar-refractivity contribution in [1.82, 2.24) is 14.9 Å². The molecule has 174 valence electrons. The van der Waals surface area contributed by atoms with Crippen LogP contribution < -0.4 is 15.0 Å². The minimum Gasteiger partial charge on any atom is -0.493 e. The molecule has 3 aromatic rings. The van der Waals surface area contributed by atoms with Gasteiger partial charge in [0.25, 0.3) is 5.91 Å². The summed E-state index contributed by atoms with van der Waals surface area (Å²) in [5.41, 5.74) is 4.76. The summed E-state index contributed by atoms with van der Waals surface area (Å²) in [6.07, 6.45) is 6.24. The predicted octanol–water partition coefficient (Wildman–Crippen LogP) is 5.18. The molecule has 0 saturated carbocycles. The van der Waals surface area contributed by atoms with E-state index in [1.165, 1.54) is 30.6 Å². The number of piperidine rings is 1. The number of amides is 1. The normalized spacial score (nSPS) is 18.7. The van der Waals surface area contributed by atoms with E-state index in [9.17, 15) is 4.79 Å². The molecule has 2 aromatic heterocycles. The van der Waals surface area contributed by atoms with Crippen molar-refractivity contribution in [2.75, 3.05) is 24.6 Å². The van der Waals surface area contributed by atoms with Crippen LogP contribution in [0.15, 0.2) is 36.5 Å². The molecule has 0 spiro atoms. The second kappa shape index (κ2) is 8.40. The van der Waals surface area contributed by atoms with E-state index < -0.39 is 0 Å². The van der Waals surface area contributed by atoms with Crippen LogP contribution in [0, 0.1) is 6.92 Å². The highest BCUT2D eigenvalue weighted by Crippen LogP contribution is 2.36. The first-order valence-corrected chi connectivity index (χ1v) is 12.1. The average molecular weight is 447 g/mol. The van der Waals surface area contributed by atoms with Crippen LogP contribution in [0.5, 0.6) is 5.75 Å². The Labute approximate surface area is 195 Å². The van der Waals surface area contributed by atoms with Gasteiger partial charge >= 0.3 is 0 Å². The monoisotopic (exact) mass is 446 g/mol. The lowest BCUT2D eigenvalue weighted by molar-refractivity contribution is 0.0922. The SMILES string of the molecule is Cc1cc2c(C(C)(C)C)c(C(=O)N[C@H]3CCOc4ccccc43)cnn2c1N1CCCCC1. The summed E-state index contributed by atoms with van der Waals surface area (Å²) in [5, 5.41) is 8.07. The van der Waals surface area contributed by atoms with Gasteiger partial charge in [-0.25, -0.2) is 4.52 Å². The molecule has 33 heavy (non-hydrogen) atoms. The highest BCUT2D eigenvalue weighted by atomic mass is 16.5. The number of carbonyl (C=O) groups excluding carboxylic acids is 1. The van der Waals surface area contributed by atoms with Gasteiger partial charge in [0.15, 0.2) is 0 Å². The van der Waals surface area contributed by atoms with Gasteiger partial charge in [0.05, 0.1) is 29.9 Å². The number of para-hydroxylation sites is 1. The molecule has 0 aliphatic carbocycles. The average Bonchev–Trinajstić information content (AvgIpc) is 3.14. The third-order valence-electron chi connectivity index (χ3n) is 6.88. The lowest BCUT2D eigenvalue weighted by Crippen LogP contribution is -2.34. The molecule has 6 heteroatoms. The van der Waals surface area contributed by atoms with Crippen LogP contribution in [0.4, 0.5) is 5.82 Å². The third kappa shape index (κ3) is 3.96. The van der Waals surface area contributed by atoms with Gasteiger partial charge in [-0.15, -0.1) is 0 Å². The van der Waals surface area contributed by atoms with E-state index in [0.717, 1.165) is 41.9 Å². The zero-order chi connectivity index (χ0) is 23.2. The molecule has 0 radical (unpaired) electrons. The zero-order valence-corrected chi connectivity index (χ0v) is 20.1. The molecule has 1 N–H and O–H groups in total. The number of aromatic nitrogens is 2. The van der Waals surface area contributed by atoms with Crippen LogP contribution in [-0.4, -0.2) is 35.2 Å². The van der Waals surface area contributed by atoms with Crippen LogP contribution in [0.2, 0.25) is 0 Å². The van der Waals surface area contributed by atoms with E-state index >= 15 is 0 Å². The van der Waals surface area contributed by atoms with E-state index in [0.29, 0.717) is 12.2 Å². The van der Waals surface area contributed by atoms with Gasteiger partial charge in [-0.1, -0.05) is 39.0 Å². The highest BCUT2D eigenvalue weighted by molar-refractivity contribution is 5.98. The lowest BCUT2D eigenvalue weighted by Gasteiger charge is -2.30. The molecule has 2 aliphatic heterocycles. The Morgan fingerprint density at radius 1 is 1.15 bits per heavy atom. The minimum absolute atomic E-state index is 0.0658. The Balaban J connectivity index is 1.55. The Bertz CT molecular complexity index is 1180. The molecule has 6 nitrogen and oxygen atoms in total. The van der Waals surface area contributed by atoms with Crippen LogP contribution in [-0.2, 0) is 5.41 Å². The standard InChI is InChI=1S/C27H34N4O2/c1-18-16-22-24(27(2,3)4)20(17-28-31(22)26(18)30-13-8-5-9-14-30)25(32)29-21-12-15-33-23-11-7-6-10-19(21)23/h6-7,10-11,16-17,21H,5,8-9,12-15H2,1-4H3,(H,29,32)/t21-/m0/s1.